The number of hydrogen-bond acceptors (Lipinski definition) is 3. The second-order valence-electron chi connectivity index (χ2n) is 6.25. The fourth-order valence-electron chi connectivity index (χ4n) is 2.96. The van der Waals surface area contributed by atoms with Gasteiger partial charge in [0.2, 0.25) is 0 Å². The predicted molar refractivity (Wildman–Crippen MR) is 91.2 cm³/mol. The monoisotopic (exact) mass is 309 g/mol. The molecule has 1 N–H and O–H groups in total. The van der Waals surface area contributed by atoms with Crippen molar-refractivity contribution in [2.24, 2.45) is 0 Å². The average molecular weight is 309 g/mol. The first-order valence-corrected chi connectivity index (χ1v) is 8.19. The predicted octanol–water partition coefficient (Wildman–Crippen LogP) is 2.78. The van der Waals surface area contributed by atoms with Gasteiger partial charge in [-0.25, -0.2) is 0 Å². The zero-order chi connectivity index (χ0) is 16.1. The van der Waals surface area contributed by atoms with Crippen LogP contribution in [0.1, 0.15) is 34.3 Å². The Morgan fingerprint density at radius 3 is 2.61 bits per heavy atom. The molecule has 1 aliphatic rings. The van der Waals surface area contributed by atoms with Crippen LogP contribution in [0.4, 0.5) is 0 Å². The maximum absolute atomic E-state index is 12.3. The molecule has 2 heterocycles. The summed E-state index contributed by atoms with van der Waals surface area (Å²) in [5.41, 5.74) is 3.16. The van der Waals surface area contributed by atoms with Crippen LogP contribution in [0.25, 0.3) is 0 Å². The molecule has 0 saturated carbocycles. The summed E-state index contributed by atoms with van der Waals surface area (Å²) in [7, 11) is 0. The molecule has 2 aromatic rings. The Bertz CT molecular complexity index is 631. The minimum absolute atomic E-state index is 0.0377. The summed E-state index contributed by atoms with van der Waals surface area (Å²) in [6, 6.07) is 12.1. The summed E-state index contributed by atoms with van der Waals surface area (Å²) in [5.74, 6) is 0.0377. The van der Waals surface area contributed by atoms with Crippen molar-refractivity contribution < 1.29 is 4.79 Å². The van der Waals surface area contributed by atoms with E-state index in [1.807, 2.05) is 43.5 Å². The maximum Gasteiger partial charge on any atom is 0.251 e. The number of piperidine rings is 1. The van der Waals surface area contributed by atoms with Gasteiger partial charge in [-0.3, -0.25) is 14.7 Å². The normalized spacial score (nSPS) is 16.2. The van der Waals surface area contributed by atoms with Crippen LogP contribution in [-0.2, 0) is 6.54 Å². The molecule has 1 amide bonds. The van der Waals surface area contributed by atoms with Crippen LogP contribution in [0.15, 0.2) is 48.8 Å². The van der Waals surface area contributed by atoms with Crippen LogP contribution < -0.4 is 5.32 Å². The summed E-state index contributed by atoms with van der Waals surface area (Å²) >= 11 is 0. The maximum atomic E-state index is 12.3. The molecule has 1 fully saturated rings. The first-order valence-electron chi connectivity index (χ1n) is 8.19. The molecule has 1 aliphatic heterocycles. The fourth-order valence-corrected chi connectivity index (χ4v) is 2.96. The number of carbonyl (C=O) groups is 1. The number of hydrogen-bond donors (Lipinski definition) is 1. The summed E-state index contributed by atoms with van der Waals surface area (Å²) < 4.78 is 0. The lowest BCUT2D eigenvalue weighted by atomic mass is 10.0. The standard InChI is InChI=1S/C19H23N3O/c1-15-4-6-17(7-5-15)19(23)21-18-8-11-22(12-9-18)14-16-3-2-10-20-13-16/h2-7,10,13,18H,8-9,11-12,14H2,1H3,(H,21,23). The molecule has 0 aliphatic carbocycles. The van der Waals surface area contributed by atoms with E-state index in [2.05, 4.69) is 21.3 Å². The molecule has 4 nitrogen and oxygen atoms in total. The zero-order valence-electron chi connectivity index (χ0n) is 13.5. The number of amides is 1. The molecular weight excluding hydrogens is 286 g/mol. The first kappa shape index (κ1) is 15.7. The van der Waals surface area contributed by atoms with Gasteiger partial charge in [0.15, 0.2) is 0 Å². The van der Waals surface area contributed by atoms with Gasteiger partial charge in [-0.15, -0.1) is 0 Å². The smallest absolute Gasteiger partial charge is 0.251 e. The van der Waals surface area contributed by atoms with E-state index in [-0.39, 0.29) is 11.9 Å². The Balaban J connectivity index is 1.47. The molecule has 3 rings (SSSR count). The van der Waals surface area contributed by atoms with Crippen molar-refractivity contribution in [1.29, 1.82) is 0 Å². The minimum Gasteiger partial charge on any atom is -0.349 e. The second-order valence-corrected chi connectivity index (χ2v) is 6.25. The average Bonchev–Trinajstić information content (AvgIpc) is 2.58. The highest BCUT2D eigenvalue weighted by atomic mass is 16.1. The van der Waals surface area contributed by atoms with Gasteiger partial charge in [0.05, 0.1) is 0 Å². The fraction of sp³-hybridized carbons (Fsp3) is 0.368. The molecule has 0 unspecified atom stereocenters. The third-order valence-corrected chi connectivity index (χ3v) is 4.37. The molecule has 120 valence electrons. The number of pyridine rings is 1. The Kier molecular flexibility index (Phi) is 5.03. The van der Waals surface area contributed by atoms with Crippen molar-refractivity contribution in [3.63, 3.8) is 0 Å². The Labute approximate surface area is 137 Å². The zero-order valence-corrected chi connectivity index (χ0v) is 13.5. The summed E-state index contributed by atoms with van der Waals surface area (Å²) in [5, 5.41) is 3.16. The van der Waals surface area contributed by atoms with Crippen molar-refractivity contribution in [2.75, 3.05) is 13.1 Å². The minimum atomic E-state index is 0.0377. The number of nitrogens with one attached hydrogen (secondary N) is 1. The van der Waals surface area contributed by atoms with Crippen LogP contribution in [0.2, 0.25) is 0 Å². The van der Waals surface area contributed by atoms with Crippen molar-refractivity contribution in [3.8, 4) is 0 Å². The Morgan fingerprint density at radius 1 is 1.22 bits per heavy atom. The van der Waals surface area contributed by atoms with Gasteiger partial charge in [0.1, 0.15) is 0 Å². The van der Waals surface area contributed by atoms with Gasteiger partial charge in [0, 0.05) is 43.6 Å². The van der Waals surface area contributed by atoms with E-state index in [1.54, 1.807) is 6.20 Å². The first-order chi connectivity index (χ1) is 11.2. The van der Waals surface area contributed by atoms with Crippen LogP contribution in [-0.4, -0.2) is 34.9 Å². The van der Waals surface area contributed by atoms with Crippen molar-refractivity contribution in [3.05, 3.63) is 65.5 Å². The van der Waals surface area contributed by atoms with Gasteiger partial charge in [-0.05, 0) is 43.5 Å². The SMILES string of the molecule is Cc1ccc(C(=O)NC2CCN(Cc3cccnc3)CC2)cc1. The lowest BCUT2D eigenvalue weighted by Crippen LogP contribution is -2.44. The molecule has 1 aromatic heterocycles. The van der Waals surface area contributed by atoms with E-state index in [0.29, 0.717) is 0 Å². The van der Waals surface area contributed by atoms with E-state index in [9.17, 15) is 4.79 Å². The lowest BCUT2D eigenvalue weighted by molar-refractivity contribution is 0.0909. The number of aryl methyl sites for hydroxylation is 1. The van der Waals surface area contributed by atoms with E-state index >= 15 is 0 Å². The molecule has 1 saturated heterocycles. The summed E-state index contributed by atoms with van der Waals surface area (Å²) in [6.07, 6.45) is 5.72. The van der Waals surface area contributed by atoms with E-state index in [4.69, 9.17) is 0 Å². The quantitative estimate of drug-likeness (QED) is 0.944. The van der Waals surface area contributed by atoms with Crippen molar-refractivity contribution >= 4 is 5.91 Å². The van der Waals surface area contributed by atoms with Crippen LogP contribution in [0, 0.1) is 6.92 Å². The van der Waals surface area contributed by atoms with Crippen molar-refractivity contribution in [1.82, 2.24) is 15.2 Å². The third-order valence-electron chi connectivity index (χ3n) is 4.37. The van der Waals surface area contributed by atoms with E-state index in [0.717, 1.165) is 38.0 Å². The Morgan fingerprint density at radius 2 is 1.96 bits per heavy atom. The molecular formula is C19H23N3O. The summed E-state index contributed by atoms with van der Waals surface area (Å²) in [6.45, 7) is 4.98. The molecule has 1 aromatic carbocycles. The molecule has 0 radical (unpaired) electrons. The number of carbonyl (C=O) groups excluding carboxylic acids is 1. The number of aromatic nitrogens is 1. The van der Waals surface area contributed by atoms with E-state index in [1.165, 1.54) is 11.1 Å². The Hall–Kier alpha value is -2.20. The van der Waals surface area contributed by atoms with Gasteiger partial charge >= 0.3 is 0 Å². The topological polar surface area (TPSA) is 45.2 Å². The van der Waals surface area contributed by atoms with Crippen molar-refractivity contribution in [2.45, 2.75) is 32.4 Å². The summed E-state index contributed by atoms with van der Waals surface area (Å²) in [4.78, 5) is 18.8. The van der Waals surface area contributed by atoms with Gasteiger partial charge < -0.3 is 5.32 Å². The number of likely N-dealkylation sites (tertiary alicyclic amines) is 1. The van der Waals surface area contributed by atoms with Gasteiger partial charge in [0.25, 0.3) is 5.91 Å². The molecule has 4 heteroatoms. The highest BCUT2D eigenvalue weighted by Gasteiger charge is 2.21. The number of nitrogens with zero attached hydrogens (tertiary/aromatic N) is 2. The number of rotatable bonds is 4. The van der Waals surface area contributed by atoms with Crippen LogP contribution in [0.3, 0.4) is 0 Å². The lowest BCUT2D eigenvalue weighted by Gasteiger charge is -2.32. The van der Waals surface area contributed by atoms with Gasteiger partial charge in [-0.2, -0.15) is 0 Å². The second kappa shape index (κ2) is 7.38. The number of benzene rings is 1. The van der Waals surface area contributed by atoms with Gasteiger partial charge in [-0.1, -0.05) is 23.8 Å². The van der Waals surface area contributed by atoms with E-state index < -0.39 is 0 Å². The highest BCUT2D eigenvalue weighted by molar-refractivity contribution is 5.94. The van der Waals surface area contributed by atoms with Crippen LogP contribution in [0.5, 0.6) is 0 Å². The van der Waals surface area contributed by atoms with Crippen LogP contribution >= 0.6 is 0 Å². The molecule has 0 atom stereocenters. The molecule has 0 spiro atoms. The molecule has 23 heavy (non-hydrogen) atoms. The third kappa shape index (κ3) is 4.39. The molecule has 0 bridgehead atoms. The largest absolute Gasteiger partial charge is 0.349 e. The highest BCUT2D eigenvalue weighted by Crippen LogP contribution is 2.14.